The summed E-state index contributed by atoms with van der Waals surface area (Å²) in [7, 11) is 3.89. The number of nitrogens with zero attached hydrogens (tertiary/aromatic N) is 1. The van der Waals surface area contributed by atoms with Gasteiger partial charge in [-0.3, -0.25) is 4.79 Å². The average Bonchev–Trinajstić information content (AvgIpc) is 2.26. The normalized spacial score (nSPS) is 11.9. The quantitative estimate of drug-likeness (QED) is 0.827. The fourth-order valence-electron chi connectivity index (χ4n) is 1.14. The van der Waals surface area contributed by atoms with Crippen molar-refractivity contribution >= 4 is 11.7 Å². The summed E-state index contributed by atoms with van der Waals surface area (Å²) in [6, 6.07) is 7.56. The number of anilines is 1. The lowest BCUT2D eigenvalue weighted by atomic mass is 10.2. The highest BCUT2D eigenvalue weighted by atomic mass is 16.5. The number of benzene rings is 1. The standard InChI is InChI=1S/C12H17NO3/c1-9(12(14)15)8-16-11-6-4-5-10(7-11)13(2)3/h4-7,9H,8H2,1-3H3,(H,14,15). The molecule has 0 aromatic heterocycles. The van der Waals surface area contributed by atoms with E-state index in [-0.39, 0.29) is 6.61 Å². The van der Waals surface area contributed by atoms with E-state index in [0.717, 1.165) is 5.69 Å². The second kappa shape index (κ2) is 5.39. The Morgan fingerprint density at radius 3 is 2.75 bits per heavy atom. The maximum Gasteiger partial charge on any atom is 0.309 e. The summed E-state index contributed by atoms with van der Waals surface area (Å²) in [5.74, 6) is -0.647. The van der Waals surface area contributed by atoms with Crippen molar-refractivity contribution in [2.75, 3.05) is 25.6 Å². The van der Waals surface area contributed by atoms with Crippen molar-refractivity contribution in [1.82, 2.24) is 0 Å². The van der Waals surface area contributed by atoms with Crippen LogP contribution >= 0.6 is 0 Å². The van der Waals surface area contributed by atoms with Crippen molar-refractivity contribution in [2.45, 2.75) is 6.92 Å². The monoisotopic (exact) mass is 223 g/mol. The van der Waals surface area contributed by atoms with Gasteiger partial charge in [0.25, 0.3) is 0 Å². The highest BCUT2D eigenvalue weighted by Gasteiger charge is 2.11. The molecular formula is C12H17NO3. The lowest BCUT2D eigenvalue weighted by Crippen LogP contribution is -2.18. The van der Waals surface area contributed by atoms with Gasteiger partial charge in [-0.1, -0.05) is 6.07 Å². The van der Waals surface area contributed by atoms with Crippen LogP contribution in [0.25, 0.3) is 0 Å². The van der Waals surface area contributed by atoms with E-state index in [9.17, 15) is 4.79 Å². The molecule has 0 radical (unpaired) electrons. The zero-order valence-electron chi connectivity index (χ0n) is 9.80. The van der Waals surface area contributed by atoms with Gasteiger partial charge in [-0.05, 0) is 19.1 Å². The zero-order chi connectivity index (χ0) is 12.1. The van der Waals surface area contributed by atoms with E-state index in [2.05, 4.69) is 0 Å². The number of aliphatic carboxylic acids is 1. The minimum Gasteiger partial charge on any atom is -0.493 e. The molecule has 16 heavy (non-hydrogen) atoms. The first-order chi connectivity index (χ1) is 7.50. The van der Waals surface area contributed by atoms with Gasteiger partial charge in [0, 0.05) is 25.8 Å². The van der Waals surface area contributed by atoms with Gasteiger partial charge in [-0.25, -0.2) is 0 Å². The van der Waals surface area contributed by atoms with Crippen molar-refractivity contribution < 1.29 is 14.6 Å². The van der Waals surface area contributed by atoms with Crippen LogP contribution in [-0.4, -0.2) is 31.8 Å². The van der Waals surface area contributed by atoms with E-state index in [4.69, 9.17) is 9.84 Å². The third-order valence-corrected chi connectivity index (χ3v) is 2.26. The van der Waals surface area contributed by atoms with E-state index in [1.165, 1.54) is 0 Å². The molecule has 0 bridgehead atoms. The van der Waals surface area contributed by atoms with Gasteiger partial charge in [0.05, 0.1) is 5.92 Å². The number of ether oxygens (including phenoxy) is 1. The van der Waals surface area contributed by atoms with Crippen molar-refractivity contribution in [3.63, 3.8) is 0 Å². The highest BCUT2D eigenvalue weighted by Crippen LogP contribution is 2.19. The molecule has 1 aromatic rings. The first-order valence-corrected chi connectivity index (χ1v) is 5.13. The largest absolute Gasteiger partial charge is 0.493 e. The van der Waals surface area contributed by atoms with Crippen LogP contribution in [0.2, 0.25) is 0 Å². The molecule has 1 N–H and O–H groups in total. The molecule has 0 aliphatic rings. The molecule has 0 aliphatic carbocycles. The van der Waals surface area contributed by atoms with Crippen LogP contribution in [0.15, 0.2) is 24.3 Å². The smallest absolute Gasteiger partial charge is 0.309 e. The Bertz CT molecular complexity index is 363. The molecule has 4 heteroatoms. The maximum absolute atomic E-state index is 10.6. The van der Waals surface area contributed by atoms with Crippen molar-refractivity contribution in [3.8, 4) is 5.75 Å². The van der Waals surface area contributed by atoms with Crippen LogP contribution in [0.1, 0.15) is 6.92 Å². The number of hydrogen-bond acceptors (Lipinski definition) is 3. The Balaban J connectivity index is 2.60. The van der Waals surface area contributed by atoms with Gasteiger partial charge in [0.15, 0.2) is 0 Å². The molecule has 1 rings (SSSR count). The minimum absolute atomic E-state index is 0.187. The highest BCUT2D eigenvalue weighted by molar-refractivity contribution is 5.69. The zero-order valence-corrected chi connectivity index (χ0v) is 9.80. The van der Waals surface area contributed by atoms with Gasteiger partial charge in [0.1, 0.15) is 12.4 Å². The van der Waals surface area contributed by atoms with Gasteiger partial charge >= 0.3 is 5.97 Å². The van der Waals surface area contributed by atoms with Crippen LogP contribution in [0.4, 0.5) is 5.69 Å². The van der Waals surface area contributed by atoms with Crippen LogP contribution in [0.5, 0.6) is 5.75 Å². The molecule has 1 aromatic carbocycles. The maximum atomic E-state index is 10.6. The van der Waals surface area contributed by atoms with Gasteiger partial charge in [0.2, 0.25) is 0 Å². The molecule has 0 heterocycles. The first kappa shape index (κ1) is 12.4. The summed E-state index contributed by atoms with van der Waals surface area (Å²) >= 11 is 0. The van der Waals surface area contributed by atoms with E-state index >= 15 is 0 Å². The molecule has 1 unspecified atom stereocenters. The summed E-state index contributed by atoms with van der Waals surface area (Å²) in [5, 5.41) is 8.71. The molecular weight excluding hydrogens is 206 g/mol. The molecule has 0 aliphatic heterocycles. The summed E-state index contributed by atoms with van der Waals surface area (Å²) in [4.78, 5) is 12.6. The molecule has 0 spiro atoms. The van der Waals surface area contributed by atoms with Crippen LogP contribution in [-0.2, 0) is 4.79 Å². The Morgan fingerprint density at radius 2 is 2.19 bits per heavy atom. The third-order valence-electron chi connectivity index (χ3n) is 2.26. The lowest BCUT2D eigenvalue weighted by molar-refractivity contribution is -0.142. The molecule has 88 valence electrons. The topological polar surface area (TPSA) is 49.8 Å². The second-order valence-electron chi connectivity index (χ2n) is 3.94. The van der Waals surface area contributed by atoms with Crippen LogP contribution < -0.4 is 9.64 Å². The van der Waals surface area contributed by atoms with Crippen molar-refractivity contribution in [2.24, 2.45) is 5.92 Å². The number of carboxylic acids is 1. The van der Waals surface area contributed by atoms with Crippen molar-refractivity contribution in [3.05, 3.63) is 24.3 Å². The predicted molar refractivity (Wildman–Crippen MR) is 63.1 cm³/mol. The molecule has 0 fully saturated rings. The second-order valence-corrected chi connectivity index (χ2v) is 3.94. The average molecular weight is 223 g/mol. The van der Waals surface area contributed by atoms with Gasteiger partial charge in [-0.2, -0.15) is 0 Å². The van der Waals surface area contributed by atoms with Crippen molar-refractivity contribution in [1.29, 1.82) is 0 Å². The van der Waals surface area contributed by atoms with Gasteiger partial charge < -0.3 is 14.7 Å². The number of hydrogen-bond donors (Lipinski definition) is 1. The molecule has 4 nitrogen and oxygen atoms in total. The summed E-state index contributed by atoms with van der Waals surface area (Å²) in [5.41, 5.74) is 1.03. The van der Waals surface area contributed by atoms with Gasteiger partial charge in [-0.15, -0.1) is 0 Å². The molecule has 0 saturated carbocycles. The Labute approximate surface area is 95.5 Å². The predicted octanol–water partition coefficient (Wildman–Crippen LogP) is 1.85. The Hall–Kier alpha value is -1.71. The molecule has 0 saturated heterocycles. The minimum atomic E-state index is -0.844. The van der Waals surface area contributed by atoms with Crippen LogP contribution in [0.3, 0.4) is 0 Å². The third kappa shape index (κ3) is 3.46. The number of carbonyl (C=O) groups is 1. The fourth-order valence-corrected chi connectivity index (χ4v) is 1.14. The van der Waals surface area contributed by atoms with E-state index in [1.54, 1.807) is 6.92 Å². The van der Waals surface area contributed by atoms with Crippen LogP contribution in [0, 0.1) is 5.92 Å². The molecule has 1 atom stereocenters. The van der Waals surface area contributed by atoms with E-state index < -0.39 is 11.9 Å². The van der Waals surface area contributed by atoms with E-state index in [0.29, 0.717) is 5.75 Å². The lowest BCUT2D eigenvalue weighted by Gasteiger charge is -2.14. The molecule has 0 amide bonds. The summed E-state index contributed by atoms with van der Waals surface area (Å²) < 4.78 is 5.41. The Morgan fingerprint density at radius 1 is 1.50 bits per heavy atom. The fraction of sp³-hybridized carbons (Fsp3) is 0.417. The Kier molecular flexibility index (Phi) is 4.17. The summed E-state index contributed by atoms with van der Waals surface area (Å²) in [6.07, 6.45) is 0. The van der Waals surface area contributed by atoms with E-state index in [1.807, 2.05) is 43.3 Å². The summed E-state index contributed by atoms with van der Waals surface area (Å²) in [6.45, 7) is 1.81. The number of carboxylic acid groups (broad SMARTS) is 1. The SMILES string of the molecule is CC(COc1cccc(N(C)C)c1)C(=O)O. The number of rotatable bonds is 5. The first-order valence-electron chi connectivity index (χ1n) is 5.13.